The maximum Gasteiger partial charge on any atom is 0.157 e. The summed E-state index contributed by atoms with van der Waals surface area (Å²) in [4.78, 5) is 0. The van der Waals surface area contributed by atoms with Crippen molar-refractivity contribution >= 4 is 21.6 Å². The maximum absolute atomic E-state index is 13.1. The molecule has 2 nitrogen and oxygen atoms in total. The number of aryl methyl sites for hydroxylation is 1. The van der Waals surface area contributed by atoms with Crippen LogP contribution in [0.4, 0.5) is 14.5 Å². The van der Waals surface area contributed by atoms with Crippen LogP contribution in [0.5, 0.6) is 5.75 Å². The molecule has 0 aromatic heterocycles. The first-order valence-corrected chi connectivity index (χ1v) is 6.39. The molecule has 100 valence electrons. The summed E-state index contributed by atoms with van der Waals surface area (Å²) in [6.45, 7) is 2.03. The number of benzene rings is 2. The van der Waals surface area contributed by atoms with E-state index in [4.69, 9.17) is 10.5 Å². The van der Waals surface area contributed by atoms with E-state index < -0.39 is 5.82 Å². The highest BCUT2D eigenvalue weighted by Crippen LogP contribution is 2.33. The van der Waals surface area contributed by atoms with Gasteiger partial charge in [0.05, 0.1) is 10.2 Å². The number of rotatable bonds is 3. The lowest BCUT2D eigenvalue weighted by molar-refractivity contribution is 0.304. The zero-order valence-corrected chi connectivity index (χ0v) is 11.8. The van der Waals surface area contributed by atoms with Crippen LogP contribution in [-0.4, -0.2) is 0 Å². The highest BCUT2D eigenvalue weighted by molar-refractivity contribution is 9.10. The van der Waals surface area contributed by atoms with Crippen LogP contribution < -0.4 is 10.5 Å². The molecule has 2 aromatic carbocycles. The lowest BCUT2D eigenvalue weighted by Crippen LogP contribution is -2.02. The summed E-state index contributed by atoms with van der Waals surface area (Å²) in [6.07, 6.45) is 0. The van der Waals surface area contributed by atoms with E-state index in [-0.39, 0.29) is 18.1 Å². The molecule has 0 aliphatic rings. The molecular weight excluding hydrogens is 316 g/mol. The maximum atomic E-state index is 13.1. The Morgan fingerprint density at radius 1 is 1.16 bits per heavy atom. The Bertz CT molecular complexity index is 593. The normalized spacial score (nSPS) is 10.5. The Balaban J connectivity index is 2.19. The van der Waals surface area contributed by atoms with Gasteiger partial charge in [0.1, 0.15) is 18.2 Å². The van der Waals surface area contributed by atoms with Gasteiger partial charge in [-0.05, 0) is 52.2 Å². The molecule has 0 aliphatic carbocycles. The van der Waals surface area contributed by atoms with Crippen LogP contribution in [0.2, 0.25) is 0 Å². The van der Waals surface area contributed by atoms with Crippen molar-refractivity contribution in [1.82, 2.24) is 0 Å². The molecule has 2 N–H and O–H groups in total. The second-order valence-electron chi connectivity index (χ2n) is 4.17. The Kier molecular flexibility index (Phi) is 4.04. The molecule has 0 fully saturated rings. The molecule has 0 bridgehead atoms. The van der Waals surface area contributed by atoms with Crippen LogP contribution in [0.25, 0.3) is 0 Å². The number of nitrogen functional groups attached to an aromatic ring is 1. The predicted octanol–water partition coefficient (Wildman–Crippen LogP) is 4.20. The molecule has 0 radical (unpaired) electrons. The van der Waals surface area contributed by atoms with Gasteiger partial charge in [-0.1, -0.05) is 6.07 Å². The van der Waals surface area contributed by atoms with E-state index in [9.17, 15) is 8.78 Å². The first-order chi connectivity index (χ1) is 8.97. The molecule has 2 aromatic rings. The third-order valence-corrected chi connectivity index (χ3v) is 3.30. The fourth-order valence-corrected chi connectivity index (χ4v) is 2.27. The van der Waals surface area contributed by atoms with Gasteiger partial charge in [0.15, 0.2) is 5.75 Å². The average molecular weight is 328 g/mol. The number of halogens is 3. The second-order valence-corrected chi connectivity index (χ2v) is 5.02. The van der Waals surface area contributed by atoms with Gasteiger partial charge in [0.2, 0.25) is 0 Å². The molecule has 5 heteroatoms. The van der Waals surface area contributed by atoms with E-state index in [0.29, 0.717) is 10.2 Å². The SMILES string of the molecule is Cc1cc(F)ccc1COc1c(N)cc(F)cc1Br. The summed E-state index contributed by atoms with van der Waals surface area (Å²) in [5, 5.41) is 0. The van der Waals surface area contributed by atoms with Crippen molar-refractivity contribution in [3.63, 3.8) is 0 Å². The standard InChI is InChI=1S/C14H12BrF2NO/c1-8-4-10(16)3-2-9(8)7-19-14-12(15)5-11(17)6-13(14)18/h2-6H,7,18H2,1H3. The van der Waals surface area contributed by atoms with Gasteiger partial charge in [0, 0.05) is 6.07 Å². The summed E-state index contributed by atoms with van der Waals surface area (Å²) in [7, 11) is 0. The number of nitrogens with two attached hydrogens (primary N) is 1. The number of hydrogen-bond donors (Lipinski definition) is 1. The summed E-state index contributed by atoms with van der Waals surface area (Å²) < 4.78 is 32.1. The summed E-state index contributed by atoms with van der Waals surface area (Å²) in [6, 6.07) is 6.93. The fraction of sp³-hybridized carbons (Fsp3) is 0.143. The van der Waals surface area contributed by atoms with Gasteiger partial charge in [-0.3, -0.25) is 0 Å². The third kappa shape index (κ3) is 3.23. The molecule has 0 atom stereocenters. The number of ether oxygens (including phenoxy) is 1. The van der Waals surface area contributed by atoms with Crippen LogP contribution >= 0.6 is 15.9 Å². The zero-order valence-electron chi connectivity index (χ0n) is 10.2. The van der Waals surface area contributed by atoms with E-state index >= 15 is 0 Å². The molecule has 0 unspecified atom stereocenters. The lowest BCUT2D eigenvalue weighted by atomic mass is 10.1. The third-order valence-electron chi connectivity index (χ3n) is 2.71. The molecule has 0 saturated heterocycles. The van der Waals surface area contributed by atoms with Crippen molar-refractivity contribution in [3.05, 3.63) is 57.6 Å². The Morgan fingerprint density at radius 2 is 1.89 bits per heavy atom. The van der Waals surface area contributed by atoms with E-state index in [0.717, 1.165) is 11.1 Å². The van der Waals surface area contributed by atoms with Crippen LogP contribution in [-0.2, 0) is 6.61 Å². The minimum Gasteiger partial charge on any atom is -0.486 e. The van der Waals surface area contributed by atoms with Crippen molar-refractivity contribution in [1.29, 1.82) is 0 Å². The molecule has 0 saturated carbocycles. The topological polar surface area (TPSA) is 35.2 Å². The number of anilines is 1. The zero-order chi connectivity index (χ0) is 14.0. The number of hydrogen-bond acceptors (Lipinski definition) is 2. The highest BCUT2D eigenvalue weighted by atomic mass is 79.9. The van der Waals surface area contributed by atoms with Crippen molar-refractivity contribution in [2.24, 2.45) is 0 Å². The van der Waals surface area contributed by atoms with E-state index in [1.807, 2.05) is 0 Å². The Morgan fingerprint density at radius 3 is 2.53 bits per heavy atom. The van der Waals surface area contributed by atoms with Crippen molar-refractivity contribution < 1.29 is 13.5 Å². The van der Waals surface area contributed by atoms with Crippen LogP contribution in [0, 0.1) is 18.6 Å². The van der Waals surface area contributed by atoms with Crippen molar-refractivity contribution in [2.45, 2.75) is 13.5 Å². The monoisotopic (exact) mass is 327 g/mol. The minimum absolute atomic E-state index is 0.214. The summed E-state index contributed by atoms with van der Waals surface area (Å²) in [5.74, 6) is -0.344. The van der Waals surface area contributed by atoms with Gasteiger partial charge >= 0.3 is 0 Å². The highest BCUT2D eigenvalue weighted by Gasteiger charge is 2.09. The first kappa shape index (κ1) is 13.8. The van der Waals surface area contributed by atoms with Gasteiger partial charge in [-0.25, -0.2) is 8.78 Å². The molecule has 2 rings (SSSR count). The van der Waals surface area contributed by atoms with Gasteiger partial charge in [0.25, 0.3) is 0 Å². The fourth-order valence-electron chi connectivity index (χ4n) is 1.70. The molecule has 19 heavy (non-hydrogen) atoms. The molecule has 0 spiro atoms. The van der Waals surface area contributed by atoms with Gasteiger partial charge in [-0.15, -0.1) is 0 Å². The van der Waals surface area contributed by atoms with Crippen LogP contribution in [0.3, 0.4) is 0 Å². The van der Waals surface area contributed by atoms with Crippen molar-refractivity contribution in [2.75, 3.05) is 5.73 Å². The van der Waals surface area contributed by atoms with Crippen molar-refractivity contribution in [3.8, 4) is 5.75 Å². The van der Waals surface area contributed by atoms with Gasteiger partial charge in [-0.2, -0.15) is 0 Å². The molecule has 0 heterocycles. The largest absolute Gasteiger partial charge is 0.486 e. The molecule has 0 amide bonds. The lowest BCUT2D eigenvalue weighted by Gasteiger charge is -2.12. The summed E-state index contributed by atoms with van der Waals surface area (Å²) in [5.41, 5.74) is 7.54. The summed E-state index contributed by atoms with van der Waals surface area (Å²) >= 11 is 3.20. The van der Waals surface area contributed by atoms with Gasteiger partial charge < -0.3 is 10.5 Å². The average Bonchev–Trinajstić information content (AvgIpc) is 2.30. The predicted molar refractivity (Wildman–Crippen MR) is 74.0 cm³/mol. The quantitative estimate of drug-likeness (QED) is 0.857. The second kappa shape index (κ2) is 5.57. The Hall–Kier alpha value is -1.62. The smallest absolute Gasteiger partial charge is 0.157 e. The van der Waals surface area contributed by atoms with E-state index in [1.165, 1.54) is 24.3 Å². The molecule has 0 aliphatic heterocycles. The van der Waals surface area contributed by atoms with E-state index in [1.54, 1.807) is 13.0 Å². The van der Waals surface area contributed by atoms with E-state index in [2.05, 4.69) is 15.9 Å². The first-order valence-electron chi connectivity index (χ1n) is 5.59. The van der Waals surface area contributed by atoms with Crippen LogP contribution in [0.1, 0.15) is 11.1 Å². The minimum atomic E-state index is -0.435. The molecular formula is C14H12BrF2NO. The Labute approximate surface area is 118 Å². The van der Waals surface area contributed by atoms with Crippen LogP contribution in [0.15, 0.2) is 34.8 Å².